The number of pyridine rings is 1. The normalized spacial score (nSPS) is 10.9. The van der Waals surface area contributed by atoms with E-state index in [0.29, 0.717) is 11.6 Å². The van der Waals surface area contributed by atoms with Gasteiger partial charge in [0, 0.05) is 5.39 Å². The number of amides is 1. The van der Waals surface area contributed by atoms with Gasteiger partial charge in [-0.05, 0) is 63.1 Å². The molecular formula is C27H28N4O4. The summed E-state index contributed by atoms with van der Waals surface area (Å²) in [6.45, 7) is 8.17. The monoisotopic (exact) mass is 472 g/mol. The van der Waals surface area contributed by atoms with E-state index in [4.69, 9.17) is 14.5 Å². The molecule has 0 aliphatic rings. The summed E-state index contributed by atoms with van der Waals surface area (Å²) in [7, 11) is 0. The number of hydrogen-bond acceptors (Lipinski definition) is 6. The molecule has 0 radical (unpaired) electrons. The summed E-state index contributed by atoms with van der Waals surface area (Å²) in [5, 5.41) is 8.24. The van der Waals surface area contributed by atoms with E-state index < -0.39 is 5.97 Å². The Morgan fingerprint density at radius 1 is 1.03 bits per heavy atom. The number of nitrogens with one attached hydrogen (secondary N) is 1. The molecule has 35 heavy (non-hydrogen) atoms. The van der Waals surface area contributed by atoms with Gasteiger partial charge in [-0.25, -0.2) is 9.78 Å². The van der Waals surface area contributed by atoms with Crippen LogP contribution in [0.4, 0.5) is 5.82 Å². The Kier molecular flexibility index (Phi) is 7.10. The maximum Gasteiger partial charge on any atom is 0.343 e. The zero-order valence-corrected chi connectivity index (χ0v) is 20.3. The van der Waals surface area contributed by atoms with Gasteiger partial charge in [0.2, 0.25) is 5.91 Å². The molecule has 0 aliphatic carbocycles. The highest BCUT2D eigenvalue weighted by Crippen LogP contribution is 2.27. The minimum Gasteiger partial charge on any atom is -0.493 e. The van der Waals surface area contributed by atoms with E-state index in [-0.39, 0.29) is 36.9 Å². The van der Waals surface area contributed by atoms with Crippen molar-refractivity contribution >= 4 is 28.6 Å². The average molecular weight is 473 g/mol. The number of carbonyl (C=O) groups is 2. The van der Waals surface area contributed by atoms with E-state index in [1.807, 2.05) is 57.2 Å². The third kappa shape index (κ3) is 5.32. The minimum absolute atomic E-state index is 0.0882. The van der Waals surface area contributed by atoms with Crippen LogP contribution in [0.5, 0.6) is 5.75 Å². The first-order valence-electron chi connectivity index (χ1n) is 11.5. The lowest BCUT2D eigenvalue weighted by molar-refractivity contribution is -0.116. The summed E-state index contributed by atoms with van der Waals surface area (Å²) in [4.78, 5) is 30.2. The Morgan fingerprint density at radius 2 is 1.80 bits per heavy atom. The zero-order chi connectivity index (χ0) is 24.9. The second-order valence-electron chi connectivity index (χ2n) is 8.27. The molecule has 0 unspecified atom stereocenters. The number of esters is 1. The quantitative estimate of drug-likeness (QED) is 0.365. The van der Waals surface area contributed by atoms with Gasteiger partial charge in [0.15, 0.2) is 11.6 Å². The number of anilines is 1. The number of para-hydroxylation sites is 1. The number of aryl methyl sites for hydroxylation is 3. The molecule has 4 aromatic rings. The molecule has 1 amide bonds. The Morgan fingerprint density at radius 3 is 2.54 bits per heavy atom. The van der Waals surface area contributed by atoms with Gasteiger partial charge in [-0.1, -0.05) is 29.8 Å². The lowest BCUT2D eigenvalue weighted by Crippen LogP contribution is -2.20. The molecule has 0 saturated carbocycles. The van der Waals surface area contributed by atoms with Gasteiger partial charge in [-0.15, -0.1) is 0 Å². The zero-order valence-electron chi connectivity index (χ0n) is 20.3. The first-order chi connectivity index (χ1) is 16.9. The van der Waals surface area contributed by atoms with E-state index in [1.54, 1.807) is 6.92 Å². The fraction of sp³-hybridized carbons (Fsp3) is 0.259. The molecule has 0 aliphatic heterocycles. The van der Waals surface area contributed by atoms with Crippen molar-refractivity contribution in [3.05, 3.63) is 77.0 Å². The number of hydrogen-bond donors (Lipinski definition) is 1. The van der Waals surface area contributed by atoms with Gasteiger partial charge >= 0.3 is 5.97 Å². The summed E-state index contributed by atoms with van der Waals surface area (Å²) in [5.41, 5.74) is 4.20. The van der Waals surface area contributed by atoms with E-state index in [2.05, 4.69) is 22.5 Å². The van der Waals surface area contributed by atoms with Crippen LogP contribution in [-0.4, -0.2) is 39.9 Å². The van der Waals surface area contributed by atoms with Crippen LogP contribution in [0.2, 0.25) is 0 Å². The van der Waals surface area contributed by atoms with Gasteiger partial charge in [0.05, 0.1) is 31.3 Å². The van der Waals surface area contributed by atoms with Crippen molar-refractivity contribution in [3.63, 3.8) is 0 Å². The fourth-order valence-electron chi connectivity index (χ4n) is 3.91. The second kappa shape index (κ2) is 10.4. The predicted molar refractivity (Wildman–Crippen MR) is 134 cm³/mol. The number of ether oxygens (including phenoxy) is 2. The highest BCUT2D eigenvalue weighted by Gasteiger charge is 2.23. The molecule has 0 bridgehead atoms. The molecular weight excluding hydrogens is 444 g/mol. The Balaban J connectivity index is 1.65. The average Bonchev–Trinajstić information content (AvgIpc) is 3.24. The third-order valence-electron chi connectivity index (χ3n) is 5.52. The van der Waals surface area contributed by atoms with Crippen LogP contribution in [0, 0.1) is 20.8 Å². The number of nitrogens with zero attached hydrogens (tertiary/aromatic N) is 3. The van der Waals surface area contributed by atoms with Gasteiger partial charge in [0.25, 0.3) is 0 Å². The molecule has 0 atom stereocenters. The van der Waals surface area contributed by atoms with Crippen LogP contribution in [0.3, 0.4) is 0 Å². The van der Waals surface area contributed by atoms with Gasteiger partial charge in [-0.2, -0.15) is 9.78 Å². The van der Waals surface area contributed by atoms with Crippen LogP contribution in [-0.2, 0) is 9.53 Å². The van der Waals surface area contributed by atoms with Crippen molar-refractivity contribution in [2.75, 3.05) is 18.5 Å². The Hall–Kier alpha value is -4.20. The molecule has 180 valence electrons. The summed E-state index contributed by atoms with van der Waals surface area (Å²) in [6, 6.07) is 15.3. The summed E-state index contributed by atoms with van der Waals surface area (Å²) < 4.78 is 12.3. The van der Waals surface area contributed by atoms with E-state index in [9.17, 15) is 9.59 Å². The van der Waals surface area contributed by atoms with E-state index in [0.717, 1.165) is 27.6 Å². The van der Waals surface area contributed by atoms with E-state index in [1.165, 1.54) is 10.9 Å². The standard InChI is InChI=1S/C27H28N4O4/c1-5-34-27(33)22-16-28-31(23-15-18(3)21-14-17(2)13-19(4)25(21)29-23)26(22)30-24(32)11-12-35-20-9-7-6-8-10-20/h6-10,13-16H,5,11-12H2,1-4H3,(H,30,32). The highest BCUT2D eigenvalue weighted by atomic mass is 16.5. The Labute approximate surface area is 203 Å². The third-order valence-corrected chi connectivity index (χ3v) is 5.52. The molecule has 2 aromatic carbocycles. The molecule has 8 nitrogen and oxygen atoms in total. The van der Waals surface area contributed by atoms with Crippen molar-refractivity contribution in [1.29, 1.82) is 0 Å². The smallest absolute Gasteiger partial charge is 0.343 e. The van der Waals surface area contributed by atoms with Crippen LogP contribution < -0.4 is 10.1 Å². The van der Waals surface area contributed by atoms with Crippen molar-refractivity contribution in [1.82, 2.24) is 14.8 Å². The molecule has 2 aromatic heterocycles. The van der Waals surface area contributed by atoms with Crippen LogP contribution in [0.15, 0.2) is 54.7 Å². The van der Waals surface area contributed by atoms with Crippen molar-refractivity contribution in [3.8, 4) is 11.6 Å². The maximum atomic E-state index is 12.8. The Bertz CT molecular complexity index is 1380. The lowest BCUT2D eigenvalue weighted by atomic mass is 10.0. The summed E-state index contributed by atoms with van der Waals surface area (Å²) >= 11 is 0. The van der Waals surface area contributed by atoms with Crippen LogP contribution in [0.25, 0.3) is 16.7 Å². The molecule has 0 spiro atoms. The SMILES string of the molecule is CCOC(=O)c1cnn(-c2cc(C)c3cc(C)cc(C)c3n2)c1NC(=O)CCOc1ccccc1. The first kappa shape index (κ1) is 23.9. The number of carbonyl (C=O) groups excluding carboxylic acids is 2. The number of aromatic nitrogens is 3. The first-order valence-corrected chi connectivity index (χ1v) is 11.5. The summed E-state index contributed by atoms with van der Waals surface area (Å²) in [6.07, 6.45) is 1.47. The number of rotatable bonds is 8. The number of fused-ring (bicyclic) bond motifs is 1. The second-order valence-corrected chi connectivity index (χ2v) is 8.27. The van der Waals surface area contributed by atoms with E-state index >= 15 is 0 Å². The summed E-state index contributed by atoms with van der Waals surface area (Å²) in [5.74, 6) is 0.493. The molecule has 4 rings (SSSR count). The maximum absolute atomic E-state index is 12.8. The van der Waals surface area contributed by atoms with Gasteiger partial charge < -0.3 is 14.8 Å². The predicted octanol–water partition coefficient (Wildman–Crippen LogP) is 4.93. The minimum atomic E-state index is -0.570. The van der Waals surface area contributed by atoms with Gasteiger partial charge in [-0.3, -0.25) is 4.79 Å². The number of benzene rings is 2. The van der Waals surface area contributed by atoms with Crippen LogP contribution >= 0.6 is 0 Å². The molecule has 1 N–H and O–H groups in total. The lowest BCUT2D eigenvalue weighted by Gasteiger charge is -2.13. The largest absolute Gasteiger partial charge is 0.493 e. The topological polar surface area (TPSA) is 95.3 Å². The highest BCUT2D eigenvalue weighted by molar-refractivity contribution is 6.00. The van der Waals surface area contributed by atoms with Crippen LogP contribution in [0.1, 0.15) is 40.4 Å². The van der Waals surface area contributed by atoms with Crippen molar-refractivity contribution in [2.24, 2.45) is 0 Å². The molecule has 2 heterocycles. The van der Waals surface area contributed by atoms with Crippen molar-refractivity contribution < 1.29 is 19.1 Å². The molecule has 0 saturated heterocycles. The fourth-order valence-corrected chi connectivity index (χ4v) is 3.91. The van der Waals surface area contributed by atoms with Crippen molar-refractivity contribution in [2.45, 2.75) is 34.1 Å². The van der Waals surface area contributed by atoms with Gasteiger partial charge in [0.1, 0.15) is 11.3 Å². The molecule has 0 fully saturated rings. The molecule has 8 heteroatoms.